The van der Waals surface area contributed by atoms with Gasteiger partial charge in [-0.05, 0) is 23.1 Å². The minimum absolute atomic E-state index is 1.13. The van der Waals surface area contributed by atoms with E-state index in [0.717, 1.165) is 6.42 Å². The highest BCUT2D eigenvalue weighted by Gasteiger charge is 2.09. The predicted molar refractivity (Wildman–Crippen MR) is 48.1 cm³/mol. The summed E-state index contributed by atoms with van der Waals surface area (Å²) in [6, 6.07) is 8.72. The second-order valence-corrected chi connectivity index (χ2v) is 2.84. The molecule has 0 aromatic heterocycles. The van der Waals surface area contributed by atoms with E-state index >= 15 is 0 Å². The average Bonchev–Trinajstić information content (AvgIpc) is 2.87. The van der Waals surface area contributed by atoms with Crippen LogP contribution in [0.4, 0.5) is 0 Å². The Bertz CT molecular complexity index is 295. The Hall–Kier alpha value is -1.04. The van der Waals surface area contributed by atoms with Crippen molar-refractivity contribution in [3.8, 4) is 0 Å². The van der Waals surface area contributed by atoms with Crippen LogP contribution in [-0.4, -0.2) is 0 Å². The molecule has 0 aliphatic heterocycles. The molecule has 0 saturated heterocycles. The molecule has 0 heteroatoms. The van der Waals surface area contributed by atoms with Crippen molar-refractivity contribution in [3.05, 3.63) is 47.9 Å². The number of allylic oxidation sites excluding steroid dienone is 2. The third-order valence-electron chi connectivity index (χ3n) is 2.00. The Morgan fingerprint density at radius 3 is 2.73 bits per heavy atom. The Labute approximate surface area is 67.6 Å². The van der Waals surface area contributed by atoms with Crippen LogP contribution >= 0.6 is 0 Å². The van der Waals surface area contributed by atoms with Crippen molar-refractivity contribution < 1.29 is 0 Å². The summed E-state index contributed by atoms with van der Waals surface area (Å²) in [6.07, 6.45) is 5.42. The summed E-state index contributed by atoms with van der Waals surface area (Å²) in [6.45, 7) is 2.18. The SMILES string of the molecule is CCc1cccc(C2=C[CH]2)c1. The first-order valence-electron chi connectivity index (χ1n) is 4.04. The van der Waals surface area contributed by atoms with Crippen molar-refractivity contribution >= 4 is 5.57 Å². The Kier molecular flexibility index (Phi) is 1.54. The monoisotopic (exact) mass is 143 g/mol. The second kappa shape index (κ2) is 2.54. The smallest absolute Gasteiger partial charge is 0.0131 e. The molecule has 1 radical (unpaired) electrons. The molecule has 0 amide bonds. The molecular weight excluding hydrogens is 132 g/mol. The van der Waals surface area contributed by atoms with Crippen molar-refractivity contribution in [1.82, 2.24) is 0 Å². The topological polar surface area (TPSA) is 0 Å². The molecule has 1 aromatic carbocycles. The van der Waals surface area contributed by atoms with Gasteiger partial charge < -0.3 is 0 Å². The number of hydrogen-bond acceptors (Lipinski definition) is 0. The fraction of sp³-hybridized carbons (Fsp3) is 0.182. The first kappa shape index (κ1) is 6.66. The maximum absolute atomic E-state index is 2.26. The summed E-state index contributed by atoms with van der Waals surface area (Å²) in [4.78, 5) is 0. The molecule has 0 atom stereocenters. The summed E-state index contributed by atoms with van der Waals surface area (Å²) in [5, 5.41) is 0. The fourth-order valence-corrected chi connectivity index (χ4v) is 1.20. The normalized spacial score (nSPS) is 14.5. The Morgan fingerprint density at radius 1 is 1.27 bits per heavy atom. The van der Waals surface area contributed by atoms with Crippen LogP contribution in [0.25, 0.3) is 5.57 Å². The van der Waals surface area contributed by atoms with Crippen LogP contribution in [0.3, 0.4) is 0 Å². The number of aryl methyl sites for hydroxylation is 1. The molecule has 0 heterocycles. The van der Waals surface area contributed by atoms with Gasteiger partial charge in [-0.2, -0.15) is 0 Å². The highest BCUT2D eigenvalue weighted by atomic mass is 14.1. The standard InChI is InChI=1S/C11H11/c1-2-9-4-3-5-11(8-9)10-6-7-10/h3-8H,2H2,1H3. The predicted octanol–water partition coefficient (Wildman–Crippen LogP) is 2.85. The third-order valence-corrected chi connectivity index (χ3v) is 2.00. The quantitative estimate of drug-likeness (QED) is 0.597. The molecule has 2 rings (SSSR count). The van der Waals surface area contributed by atoms with Crippen molar-refractivity contribution in [3.63, 3.8) is 0 Å². The van der Waals surface area contributed by atoms with Gasteiger partial charge in [-0.25, -0.2) is 0 Å². The largest absolute Gasteiger partial charge is 0.0716 e. The number of benzene rings is 1. The molecule has 55 valence electrons. The molecule has 0 unspecified atom stereocenters. The van der Waals surface area contributed by atoms with E-state index in [1.807, 2.05) is 0 Å². The molecule has 0 fully saturated rings. The molecule has 0 N–H and O–H groups in total. The molecule has 1 aromatic rings. The van der Waals surface area contributed by atoms with E-state index in [-0.39, 0.29) is 0 Å². The Balaban J connectivity index is 2.34. The van der Waals surface area contributed by atoms with Crippen LogP contribution in [-0.2, 0) is 6.42 Å². The van der Waals surface area contributed by atoms with Crippen molar-refractivity contribution in [2.24, 2.45) is 0 Å². The van der Waals surface area contributed by atoms with Crippen LogP contribution in [0.1, 0.15) is 18.1 Å². The number of hydrogen-bond donors (Lipinski definition) is 0. The zero-order valence-electron chi connectivity index (χ0n) is 6.67. The highest BCUT2D eigenvalue weighted by molar-refractivity contribution is 5.87. The van der Waals surface area contributed by atoms with E-state index in [1.54, 1.807) is 0 Å². The lowest BCUT2D eigenvalue weighted by molar-refractivity contribution is 1.14. The van der Waals surface area contributed by atoms with Crippen LogP contribution in [0, 0.1) is 6.42 Å². The summed E-state index contributed by atoms with van der Waals surface area (Å²) >= 11 is 0. The summed E-state index contributed by atoms with van der Waals surface area (Å²) in [5.41, 5.74) is 4.17. The van der Waals surface area contributed by atoms with E-state index in [1.165, 1.54) is 16.7 Å². The van der Waals surface area contributed by atoms with Crippen molar-refractivity contribution in [2.75, 3.05) is 0 Å². The molecule has 1 aliphatic carbocycles. The van der Waals surface area contributed by atoms with Gasteiger partial charge in [-0.1, -0.05) is 37.3 Å². The van der Waals surface area contributed by atoms with Gasteiger partial charge in [0.2, 0.25) is 0 Å². The van der Waals surface area contributed by atoms with Crippen LogP contribution < -0.4 is 0 Å². The third kappa shape index (κ3) is 1.35. The lowest BCUT2D eigenvalue weighted by Gasteiger charge is -1.98. The molecule has 11 heavy (non-hydrogen) atoms. The van der Waals surface area contributed by atoms with Crippen LogP contribution in [0.5, 0.6) is 0 Å². The fourth-order valence-electron chi connectivity index (χ4n) is 1.20. The molecule has 0 nitrogen and oxygen atoms in total. The average molecular weight is 143 g/mol. The zero-order valence-corrected chi connectivity index (χ0v) is 6.67. The van der Waals surface area contributed by atoms with E-state index in [0.29, 0.717) is 0 Å². The molecular formula is C11H11. The van der Waals surface area contributed by atoms with Gasteiger partial charge in [0, 0.05) is 6.42 Å². The minimum atomic E-state index is 1.13. The molecule has 0 bridgehead atoms. The van der Waals surface area contributed by atoms with Crippen LogP contribution in [0.15, 0.2) is 30.3 Å². The van der Waals surface area contributed by atoms with Gasteiger partial charge in [0.25, 0.3) is 0 Å². The highest BCUT2D eigenvalue weighted by Crippen LogP contribution is 2.29. The summed E-state index contributed by atoms with van der Waals surface area (Å²) < 4.78 is 0. The van der Waals surface area contributed by atoms with E-state index in [2.05, 4.69) is 43.7 Å². The lowest BCUT2D eigenvalue weighted by atomic mass is 10.1. The minimum Gasteiger partial charge on any atom is -0.0716 e. The molecule has 0 saturated carbocycles. The Morgan fingerprint density at radius 2 is 2.09 bits per heavy atom. The van der Waals surface area contributed by atoms with Crippen molar-refractivity contribution in [2.45, 2.75) is 13.3 Å². The summed E-state index contributed by atoms with van der Waals surface area (Å²) in [5.74, 6) is 0. The van der Waals surface area contributed by atoms with E-state index in [9.17, 15) is 0 Å². The van der Waals surface area contributed by atoms with Gasteiger partial charge in [0.1, 0.15) is 0 Å². The first-order chi connectivity index (χ1) is 5.40. The van der Waals surface area contributed by atoms with E-state index in [4.69, 9.17) is 0 Å². The first-order valence-corrected chi connectivity index (χ1v) is 4.04. The molecule has 1 aliphatic rings. The molecule has 0 spiro atoms. The van der Waals surface area contributed by atoms with Crippen molar-refractivity contribution in [1.29, 1.82) is 0 Å². The van der Waals surface area contributed by atoms with Crippen LogP contribution in [0.2, 0.25) is 0 Å². The van der Waals surface area contributed by atoms with E-state index < -0.39 is 0 Å². The van der Waals surface area contributed by atoms with Gasteiger partial charge >= 0.3 is 0 Å². The van der Waals surface area contributed by atoms with Gasteiger partial charge in [0.05, 0.1) is 0 Å². The van der Waals surface area contributed by atoms with Gasteiger partial charge in [-0.3, -0.25) is 0 Å². The lowest BCUT2D eigenvalue weighted by Crippen LogP contribution is -1.80. The second-order valence-electron chi connectivity index (χ2n) is 2.84. The summed E-state index contributed by atoms with van der Waals surface area (Å²) in [7, 11) is 0. The van der Waals surface area contributed by atoms with Gasteiger partial charge in [-0.15, -0.1) is 0 Å². The van der Waals surface area contributed by atoms with Gasteiger partial charge in [0.15, 0.2) is 0 Å². The zero-order chi connectivity index (χ0) is 7.68. The maximum Gasteiger partial charge on any atom is 0.0131 e. The number of rotatable bonds is 2. The maximum atomic E-state index is 2.26.